The Hall–Kier alpha value is -3.72. The molecule has 0 radical (unpaired) electrons. The summed E-state index contributed by atoms with van der Waals surface area (Å²) >= 11 is 0. The van der Waals surface area contributed by atoms with E-state index in [1.165, 1.54) is 4.90 Å². The summed E-state index contributed by atoms with van der Waals surface area (Å²) < 4.78 is 12.8. The smallest absolute Gasteiger partial charge is 0.352 e. The van der Waals surface area contributed by atoms with Crippen molar-refractivity contribution in [1.82, 2.24) is 19.2 Å². The van der Waals surface area contributed by atoms with E-state index in [0.717, 1.165) is 20.4 Å². The Morgan fingerprint density at radius 1 is 1.06 bits per heavy atom. The van der Waals surface area contributed by atoms with Crippen LogP contribution in [0.4, 0.5) is 0 Å². The van der Waals surface area contributed by atoms with Gasteiger partial charge < -0.3 is 14.4 Å². The molecule has 0 atom stereocenters. The van der Waals surface area contributed by atoms with Crippen LogP contribution in [0.25, 0.3) is 5.69 Å². The van der Waals surface area contributed by atoms with E-state index in [9.17, 15) is 14.4 Å². The largest absolute Gasteiger partial charge is 0.497 e. The summed E-state index contributed by atoms with van der Waals surface area (Å²) in [7, 11) is 1.55. The zero-order valence-electron chi connectivity index (χ0n) is 18.9. The molecule has 0 N–H and O–H groups in total. The summed E-state index contributed by atoms with van der Waals surface area (Å²) in [6.07, 6.45) is 0. The summed E-state index contributed by atoms with van der Waals surface area (Å²) in [4.78, 5) is 41.5. The molecule has 3 aromatic rings. The van der Waals surface area contributed by atoms with Crippen LogP contribution in [0.2, 0.25) is 0 Å². The highest BCUT2D eigenvalue weighted by Crippen LogP contribution is 2.14. The van der Waals surface area contributed by atoms with Crippen molar-refractivity contribution in [2.24, 2.45) is 0 Å². The molecule has 0 saturated carbocycles. The van der Waals surface area contributed by atoms with Crippen LogP contribution in [0.3, 0.4) is 0 Å². The predicted molar refractivity (Wildman–Crippen MR) is 122 cm³/mol. The fourth-order valence-electron chi connectivity index (χ4n) is 3.90. The Kier molecular flexibility index (Phi) is 6.41. The lowest BCUT2D eigenvalue weighted by atomic mass is 10.1. The van der Waals surface area contributed by atoms with Gasteiger partial charge in [-0.05, 0) is 54.8 Å². The SMILES string of the molecule is COc1cccc(Cn2c(=O)c(C(=O)N3CCOCC3)nn(-c3cc(C)cc(C)c3)c2=O)c1. The molecule has 0 spiro atoms. The molecular formula is C24H26N4O5. The molecular weight excluding hydrogens is 424 g/mol. The zero-order valence-corrected chi connectivity index (χ0v) is 18.9. The van der Waals surface area contributed by atoms with Gasteiger partial charge in [-0.2, -0.15) is 9.78 Å². The van der Waals surface area contributed by atoms with Gasteiger partial charge in [0.15, 0.2) is 0 Å². The van der Waals surface area contributed by atoms with E-state index < -0.39 is 17.2 Å². The number of aromatic nitrogens is 3. The van der Waals surface area contributed by atoms with Crippen LogP contribution in [0.15, 0.2) is 52.1 Å². The number of methoxy groups -OCH3 is 1. The van der Waals surface area contributed by atoms with Crippen LogP contribution < -0.4 is 16.0 Å². The van der Waals surface area contributed by atoms with E-state index in [0.29, 0.717) is 43.3 Å². The Morgan fingerprint density at radius 2 is 1.76 bits per heavy atom. The highest BCUT2D eigenvalue weighted by molar-refractivity contribution is 5.91. The van der Waals surface area contributed by atoms with Crippen LogP contribution in [0.5, 0.6) is 5.75 Å². The van der Waals surface area contributed by atoms with Gasteiger partial charge >= 0.3 is 5.69 Å². The standard InChI is InChI=1S/C24H26N4O5/c1-16-11-17(2)13-19(12-16)28-24(31)27(15-18-5-4-6-20(14-18)32-3)23(30)21(25-28)22(29)26-7-9-33-10-8-26/h4-6,11-14H,7-10,15H2,1-3H3. The van der Waals surface area contributed by atoms with Crippen molar-refractivity contribution in [2.75, 3.05) is 33.4 Å². The molecule has 0 bridgehead atoms. The van der Waals surface area contributed by atoms with Crippen LogP contribution >= 0.6 is 0 Å². The lowest BCUT2D eigenvalue weighted by molar-refractivity contribution is 0.0295. The number of benzene rings is 2. The molecule has 33 heavy (non-hydrogen) atoms. The van der Waals surface area contributed by atoms with Crippen LogP contribution in [0, 0.1) is 13.8 Å². The molecule has 1 aliphatic heterocycles. The molecule has 2 aromatic carbocycles. The van der Waals surface area contributed by atoms with Gasteiger partial charge in [0.05, 0.1) is 32.6 Å². The third-order valence-corrected chi connectivity index (χ3v) is 5.49. The highest BCUT2D eigenvalue weighted by Gasteiger charge is 2.26. The summed E-state index contributed by atoms with van der Waals surface area (Å²) in [5, 5.41) is 4.25. The minimum atomic E-state index is -0.722. The third kappa shape index (κ3) is 4.73. The number of ether oxygens (including phenoxy) is 2. The molecule has 1 fully saturated rings. The molecule has 2 heterocycles. The molecule has 172 valence electrons. The van der Waals surface area contributed by atoms with Gasteiger partial charge in [-0.15, -0.1) is 0 Å². The van der Waals surface area contributed by atoms with E-state index in [1.807, 2.05) is 19.9 Å². The maximum absolute atomic E-state index is 13.4. The number of aryl methyl sites for hydroxylation is 2. The summed E-state index contributed by atoms with van der Waals surface area (Å²) in [5.41, 5.74) is 1.42. The fraction of sp³-hybridized carbons (Fsp3) is 0.333. The number of amides is 1. The van der Waals surface area contributed by atoms with Crippen LogP contribution in [-0.2, 0) is 11.3 Å². The molecule has 0 unspecified atom stereocenters. The highest BCUT2D eigenvalue weighted by atomic mass is 16.5. The first-order chi connectivity index (χ1) is 15.9. The number of rotatable bonds is 5. The molecule has 0 aliphatic carbocycles. The molecule has 1 saturated heterocycles. The van der Waals surface area contributed by atoms with Crippen molar-refractivity contribution < 1.29 is 14.3 Å². The molecule has 9 heteroatoms. The molecule has 9 nitrogen and oxygen atoms in total. The van der Waals surface area contributed by atoms with E-state index in [2.05, 4.69) is 5.10 Å². The average Bonchev–Trinajstić information content (AvgIpc) is 2.81. The predicted octanol–water partition coefficient (Wildman–Crippen LogP) is 1.54. The van der Waals surface area contributed by atoms with Gasteiger partial charge in [-0.3, -0.25) is 14.2 Å². The van der Waals surface area contributed by atoms with Crippen LogP contribution in [0.1, 0.15) is 27.2 Å². The van der Waals surface area contributed by atoms with Crippen molar-refractivity contribution in [3.63, 3.8) is 0 Å². The van der Waals surface area contributed by atoms with Gasteiger partial charge in [-0.1, -0.05) is 18.2 Å². The van der Waals surface area contributed by atoms with Crippen molar-refractivity contribution in [1.29, 1.82) is 0 Å². The van der Waals surface area contributed by atoms with Gasteiger partial charge in [-0.25, -0.2) is 4.79 Å². The summed E-state index contributed by atoms with van der Waals surface area (Å²) in [5.74, 6) is 0.0923. The van der Waals surface area contributed by atoms with E-state index in [1.54, 1.807) is 43.5 Å². The number of carbonyl (C=O) groups excluding carboxylic acids is 1. The van der Waals surface area contributed by atoms with Gasteiger partial charge in [0.1, 0.15) is 5.75 Å². The number of carbonyl (C=O) groups is 1. The first-order valence-electron chi connectivity index (χ1n) is 10.7. The van der Waals surface area contributed by atoms with Gasteiger partial charge in [0, 0.05) is 13.1 Å². The van der Waals surface area contributed by atoms with E-state index >= 15 is 0 Å². The van der Waals surface area contributed by atoms with Gasteiger partial charge in [0.2, 0.25) is 5.69 Å². The van der Waals surface area contributed by atoms with E-state index in [-0.39, 0.29) is 12.2 Å². The average molecular weight is 450 g/mol. The van der Waals surface area contributed by atoms with E-state index in [4.69, 9.17) is 9.47 Å². The number of morpholine rings is 1. The number of nitrogens with zero attached hydrogens (tertiary/aromatic N) is 4. The maximum Gasteiger partial charge on any atom is 0.352 e. The number of hydrogen-bond donors (Lipinski definition) is 0. The van der Waals surface area contributed by atoms with Crippen molar-refractivity contribution in [2.45, 2.75) is 20.4 Å². The lowest BCUT2D eigenvalue weighted by Gasteiger charge is -2.26. The Bertz CT molecular complexity index is 1280. The normalized spacial score (nSPS) is 13.7. The second-order valence-electron chi connectivity index (χ2n) is 8.04. The number of hydrogen-bond acceptors (Lipinski definition) is 6. The molecule has 1 amide bonds. The molecule has 1 aromatic heterocycles. The second-order valence-corrected chi connectivity index (χ2v) is 8.04. The second kappa shape index (κ2) is 9.41. The minimum Gasteiger partial charge on any atom is -0.497 e. The maximum atomic E-state index is 13.4. The van der Waals surface area contributed by atoms with Crippen molar-refractivity contribution >= 4 is 5.91 Å². The minimum absolute atomic E-state index is 0.0222. The van der Waals surface area contributed by atoms with Gasteiger partial charge in [0.25, 0.3) is 11.5 Å². The quantitative estimate of drug-likeness (QED) is 0.585. The summed E-state index contributed by atoms with van der Waals surface area (Å²) in [6.45, 7) is 5.30. The molecule has 1 aliphatic rings. The topological polar surface area (TPSA) is 95.7 Å². The van der Waals surface area contributed by atoms with Crippen molar-refractivity contribution in [3.05, 3.63) is 85.7 Å². The first-order valence-corrected chi connectivity index (χ1v) is 10.7. The third-order valence-electron chi connectivity index (χ3n) is 5.49. The molecule has 4 rings (SSSR count). The van der Waals surface area contributed by atoms with Crippen molar-refractivity contribution in [3.8, 4) is 11.4 Å². The fourth-order valence-corrected chi connectivity index (χ4v) is 3.90. The lowest BCUT2D eigenvalue weighted by Crippen LogP contribution is -2.48. The Morgan fingerprint density at radius 3 is 2.42 bits per heavy atom. The summed E-state index contributed by atoms with van der Waals surface area (Å²) in [6, 6.07) is 12.7. The first kappa shape index (κ1) is 22.5. The Labute approximate surface area is 190 Å². The van der Waals surface area contributed by atoms with Crippen LogP contribution in [-0.4, -0.2) is 58.6 Å². The zero-order chi connectivity index (χ0) is 23.5. The Balaban J connectivity index is 1.89. The monoisotopic (exact) mass is 450 g/mol.